The Kier molecular flexibility index (Phi) is 9.66. The summed E-state index contributed by atoms with van der Waals surface area (Å²) in [6.45, 7) is 9.66. The Balaban J connectivity index is 2.50. The minimum atomic E-state index is -0.401. The molecular weight excluding hydrogens is 414 g/mol. The number of hydrogen-bond donors (Lipinski definition) is 1. The standard InChI is InChI=1S/C24H32ClN3O3/c1-6-8-9-13-26-23(27-21(25)7-2)22-17(3)12-14-28(22)16-19-11-10-18(24(29)31-5)15-20(19)30-4/h10-12,14-15,26H,3,6-9,13,16H2,1-2,4-5H3/b23-22+,27-21+. The molecule has 168 valence electrons. The molecule has 31 heavy (non-hydrogen) atoms. The van der Waals surface area contributed by atoms with E-state index in [1.54, 1.807) is 19.2 Å². The van der Waals surface area contributed by atoms with E-state index in [1.165, 1.54) is 7.11 Å². The molecule has 7 heteroatoms. The summed E-state index contributed by atoms with van der Waals surface area (Å²) in [6, 6.07) is 7.24. The molecule has 0 fully saturated rings. The lowest BCUT2D eigenvalue weighted by molar-refractivity contribution is 0.0600. The van der Waals surface area contributed by atoms with Crippen LogP contribution in [0.15, 0.2) is 35.5 Å². The maximum absolute atomic E-state index is 11.8. The van der Waals surface area contributed by atoms with Gasteiger partial charge < -0.3 is 19.4 Å². The van der Waals surface area contributed by atoms with Crippen molar-refractivity contribution in [2.45, 2.75) is 46.1 Å². The van der Waals surface area contributed by atoms with Crippen LogP contribution in [0.1, 0.15) is 55.5 Å². The van der Waals surface area contributed by atoms with Crippen molar-refractivity contribution in [1.82, 2.24) is 9.88 Å². The largest absolute Gasteiger partial charge is 0.496 e. The van der Waals surface area contributed by atoms with Crippen LogP contribution in [-0.4, -0.2) is 36.5 Å². The number of aliphatic imine (C=N–C) groups is 1. The summed E-state index contributed by atoms with van der Waals surface area (Å²) < 4.78 is 12.4. The summed E-state index contributed by atoms with van der Waals surface area (Å²) in [5.41, 5.74) is 1.36. The Bertz CT molecular complexity index is 1030. The van der Waals surface area contributed by atoms with Crippen LogP contribution in [0.2, 0.25) is 0 Å². The SMILES string of the molecule is C=c1ccn(Cc2ccc(C(=O)OC)cc2OC)/c1=C(/N=C(/Cl)CC)NCCCCC. The van der Waals surface area contributed by atoms with Gasteiger partial charge in [0, 0.05) is 18.3 Å². The van der Waals surface area contributed by atoms with Crippen molar-refractivity contribution < 1.29 is 14.3 Å². The van der Waals surface area contributed by atoms with Crippen LogP contribution >= 0.6 is 11.6 Å². The van der Waals surface area contributed by atoms with Gasteiger partial charge in [-0.3, -0.25) is 0 Å². The zero-order valence-corrected chi connectivity index (χ0v) is 19.6. The lowest BCUT2D eigenvalue weighted by Gasteiger charge is -2.13. The minimum Gasteiger partial charge on any atom is -0.496 e. The van der Waals surface area contributed by atoms with Crippen molar-refractivity contribution >= 4 is 35.1 Å². The number of aromatic nitrogens is 1. The predicted molar refractivity (Wildman–Crippen MR) is 127 cm³/mol. The quantitative estimate of drug-likeness (QED) is 0.326. The van der Waals surface area contributed by atoms with Gasteiger partial charge in [-0.05, 0) is 36.3 Å². The fraction of sp³-hybridized carbons (Fsp3) is 0.417. The van der Waals surface area contributed by atoms with Gasteiger partial charge in [0.15, 0.2) is 5.82 Å². The molecule has 1 heterocycles. The fourth-order valence-electron chi connectivity index (χ4n) is 3.20. The van der Waals surface area contributed by atoms with Gasteiger partial charge in [0.2, 0.25) is 0 Å². The summed E-state index contributed by atoms with van der Waals surface area (Å²) in [7, 11) is 2.94. The number of halogens is 1. The molecule has 1 N–H and O–H groups in total. The average molecular weight is 446 g/mol. The number of nitrogens with one attached hydrogen (secondary N) is 1. The Morgan fingerprint density at radius 3 is 2.65 bits per heavy atom. The smallest absolute Gasteiger partial charge is 0.337 e. The van der Waals surface area contributed by atoms with Gasteiger partial charge in [0.25, 0.3) is 0 Å². The van der Waals surface area contributed by atoms with Crippen LogP contribution in [0.5, 0.6) is 5.75 Å². The molecule has 0 aliphatic rings. The average Bonchev–Trinajstić information content (AvgIpc) is 3.15. The van der Waals surface area contributed by atoms with Crippen LogP contribution in [0.4, 0.5) is 0 Å². The fourth-order valence-corrected chi connectivity index (χ4v) is 3.28. The van der Waals surface area contributed by atoms with Crippen molar-refractivity contribution in [1.29, 1.82) is 0 Å². The number of nitrogens with zero attached hydrogens (tertiary/aromatic N) is 2. The van der Waals surface area contributed by atoms with Crippen molar-refractivity contribution in [3.05, 3.63) is 52.2 Å². The molecule has 0 saturated carbocycles. The topological polar surface area (TPSA) is 64.8 Å². The normalized spacial score (nSPS) is 12.5. The maximum Gasteiger partial charge on any atom is 0.337 e. The molecule has 0 amide bonds. The van der Waals surface area contributed by atoms with Crippen LogP contribution in [0.3, 0.4) is 0 Å². The number of rotatable bonds is 11. The number of ether oxygens (including phenoxy) is 2. The number of benzene rings is 1. The zero-order chi connectivity index (χ0) is 22.8. The van der Waals surface area contributed by atoms with Crippen LogP contribution < -0.4 is 20.6 Å². The van der Waals surface area contributed by atoms with Gasteiger partial charge in [0.1, 0.15) is 10.9 Å². The molecule has 2 aromatic rings. The summed E-state index contributed by atoms with van der Waals surface area (Å²) in [5, 5.41) is 5.70. The van der Waals surface area contributed by atoms with Gasteiger partial charge in [0.05, 0.1) is 31.7 Å². The van der Waals surface area contributed by atoms with Crippen LogP contribution in [0, 0.1) is 0 Å². The molecule has 6 nitrogen and oxygen atoms in total. The first-order chi connectivity index (χ1) is 14.9. The first-order valence-corrected chi connectivity index (χ1v) is 10.9. The molecule has 0 atom stereocenters. The number of unbranched alkanes of at least 4 members (excludes halogenated alkanes) is 2. The van der Waals surface area contributed by atoms with E-state index < -0.39 is 5.97 Å². The second kappa shape index (κ2) is 12.2. The number of esters is 1. The third kappa shape index (κ3) is 6.62. The summed E-state index contributed by atoms with van der Waals surface area (Å²) >= 11 is 6.29. The second-order valence-corrected chi connectivity index (χ2v) is 7.60. The predicted octanol–water partition coefficient (Wildman–Crippen LogP) is 3.63. The summed E-state index contributed by atoms with van der Waals surface area (Å²) in [6.07, 6.45) is 5.96. The van der Waals surface area contributed by atoms with Gasteiger partial charge in [-0.1, -0.05) is 50.9 Å². The third-order valence-electron chi connectivity index (χ3n) is 4.92. The zero-order valence-electron chi connectivity index (χ0n) is 18.8. The van der Waals surface area contributed by atoms with E-state index in [4.69, 9.17) is 21.1 Å². The highest BCUT2D eigenvalue weighted by molar-refractivity contribution is 6.65. The molecule has 0 unspecified atom stereocenters. The van der Waals surface area contributed by atoms with Gasteiger partial charge in [-0.25, -0.2) is 9.79 Å². The van der Waals surface area contributed by atoms with E-state index >= 15 is 0 Å². The molecule has 0 saturated heterocycles. The van der Waals surface area contributed by atoms with E-state index in [9.17, 15) is 4.79 Å². The summed E-state index contributed by atoms with van der Waals surface area (Å²) in [4.78, 5) is 16.5. The number of carbonyl (C=O) groups excluding carboxylic acids is 1. The molecule has 0 bridgehead atoms. The Hall–Kier alpha value is -2.73. The molecular formula is C24H32ClN3O3. The number of methoxy groups -OCH3 is 2. The molecule has 1 aromatic carbocycles. The Morgan fingerprint density at radius 1 is 1.23 bits per heavy atom. The number of carbonyl (C=O) groups is 1. The summed E-state index contributed by atoms with van der Waals surface area (Å²) in [5.74, 6) is 0.922. The van der Waals surface area contributed by atoms with E-state index in [1.807, 2.05) is 25.3 Å². The van der Waals surface area contributed by atoms with Crippen molar-refractivity contribution in [3.8, 4) is 5.75 Å². The monoisotopic (exact) mass is 445 g/mol. The van der Waals surface area contributed by atoms with Gasteiger partial charge in [-0.2, -0.15) is 0 Å². The Morgan fingerprint density at radius 2 is 2.00 bits per heavy atom. The van der Waals surface area contributed by atoms with Crippen molar-refractivity contribution in [2.75, 3.05) is 20.8 Å². The van der Waals surface area contributed by atoms with E-state index in [2.05, 4.69) is 28.4 Å². The molecule has 0 aliphatic carbocycles. The van der Waals surface area contributed by atoms with E-state index in [-0.39, 0.29) is 0 Å². The Labute approximate surface area is 189 Å². The minimum absolute atomic E-state index is 0.401. The lowest BCUT2D eigenvalue weighted by Crippen LogP contribution is -2.35. The molecule has 0 spiro atoms. The molecule has 0 aliphatic heterocycles. The van der Waals surface area contributed by atoms with Crippen molar-refractivity contribution in [2.24, 2.45) is 4.99 Å². The lowest BCUT2D eigenvalue weighted by atomic mass is 10.1. The molecule has 2 rings (SSSR count). The highest BCUT2D eigenvalue weighted by atomic mass is 35.5. The first kappa shape index (κ1) is 24.5. The maximum atomic E-state index is 11.8. The number of hydrogen-bond acceptors (Lipinski definition) is 5. The van der Waals surface area contributed by atoms with Gasteiger partial charge in [-0.15, -0.1) is 0 Å². The van der Waals surface area contributed by atoms with Gasteiger partial charge >= 0.3 is 5.97 Å². The van der Waals surface area contributed by atoms with Crippen LogP contribution in [0.25, 0.3) is 12.4 Å². The van der Waals surface area contributed by atoms with E-state index in [0.29, 0.717) is 35.3 Å². The second-order valence-electron chi connectivity index (χ2n) is 7.16. The molecule has 1 aromatic heterocycles. The first-order valence-electron chi connectivity index (χ1n) is 10.6. The molecule has 0 radical (unpaired) electrons. The third-order valence-corrected chi connectivity index (χ3v) is 5.27. The highest BCUT2D eigenvalue weighted by Crippen LogP contribution is 2.21. The van der Waals surface area contributed by atoms with Crippen molar-refractivity contribution in [3.63, 3.8) is 0 Å². The van der Waals surface area contributed by atoms with Crippen LogP contribution in [-0.2, 0) is 11.3 Å². The highest BCUT2D eigenvalue weighted by Gasteiger charge is 2.12. The van der Waals surface area contributed by atoms with E-state index in [0.717, 1.165) is 41.9 Å².